The highest BCUT2D eigenvalue weighted by atomic mass is 16.4. The molecule has 0 aliphatic carbocycles. The average Bonchev–Trinajstić information content (AvgIpc) is 2.47. The number of hydrogen-bond donors (Lipinski definition) is 2. The fourth-order valence-electron chi connectivity index (χ4n) is 2.68. The molecule has 1 aliphatic rings. The summed E-state index contributed by atoms with van der Waals surface area (Å²) in [5.74, 6) is -1.12. The molecular weight excluding hydrogens is 270 g/mol. The topological polar surface area (TPSA) is 76.6 Å². The Bertz CT molecular complexity index is 745. The Morgan fingerprint density at radius 2 is 1.95 bits per heavy atom. The molecule has 0 amide bonds. The summed E-state index contributed by atoms with van der Waals surface area (Å²) in [6.45, 7) is 3.60. The predicted molar refractivity (Wildman–Crippen MR) is 81.2 cm³/mol. The van der Waals surface area contributed by atoms with E-state index in [0.717, 1.165) is 37.9 Å². The van der Waals surface area contributed by atoms with Crippen LogP contribution in [0.2, 0.25) is 0 Å². The first-order chi connectivity index (χ1) is 10.1. The fraction of sp³-hybridized carbons (Fsp3) is 0.333. The van der Waals surface area contributed by atoms with Gasteiger partial charge in [0.15, 0.2) is 5.43 Å². The molecule has 3 rings (SSSR count). The third-order valence-electron chi connectivity index (χ3n) is 3.92. The van der Waals surface area contributed by atoms with E-state index in [9.17, 15) is 9.59 Å². The molecule has 1 saturated heterocycles. The number of anilines is 1. The van der Waals surface area contributed by atoms with Gasteiger partial charge in [-0.15, -0.1) is 0 Å². The van der Waals surface area contributed by atoms with Gasteiger partial charge >= 0.3 is 5.97 Å². The van der Waals surface area contributed by atoms with Gasteiger partial charge in [-0.3, -0.25) is 4.79 Å². The number of carboxylic acid groups (broad SMARTS) is 1. The standard InChI is InChI=1S/C15H17N3O3/c1-17-5-7-18(8-6-17)12-4-2-3-10-13(19)9-11(15(20)21)16-14(10)12/h2-4,9H,5-8H2,1H3,(H,16,19)(H,20,21). The molecule has 1 aromatic carbocycles. The van der Waals surface area contributed by atoms with Gasteiger partial charge < -0.3 is 19.9 Å². The SMILES string of the molecule is CN1CCN(c2cccc3c(=O)cc(C(=O)O)[nH]c23)CC1. The van der Waals surface area contributed by atoms with E-state index >= 15 is 0 Å². The largest absolute Gasteiger partial charge is 0.477 e. The number of nitrogens with zero attached hydrogens (tertiary/aromatic N) is 2. The van der Waals surface area contributed by atoms with E-state index in [4.69, 9.17) is 5.11 Å². The van der Waals surface area contributed by atoms with Gasteiger partial charge in [0.25, 0.3) is 0 Å². The van der Waals surface area contributed by atoms with Crippen LogP contribution in [0.15, 0.2) is 29.1 Å². The quantitative estimate of drug-likeness (QED) is 0.861. The van der Waals surface area contributed by atoms with E-state index in [-0.39, 0.29) is 11.1 Å². The number of carboxylic acids is 1. The summed E-state index contributed by atoms with van der Waals surface area (Å²) in [4.78, 5) is 30.5. The minimum atomic E-state index is -1.12. The molecule has 0 atom stereocenters. The van der Waals surface area contributed by atoms with Crippen LogP contribution < -0.4 is 10.3 Å². The molecule has 1 fully saturated rings. The number of benzene rings is 1. The van der Waals surface area contributed by atoms with Crippen molar-refractivity contribution in [3.63, 3.8) is 0 Å². The number of fused-ring (bicyclic) bond motifs is 1. The zero-order chi connectivity index (χ0) is 15.0. The number of aromatic carboxylic acids is 1. The second-order valence-electron chi connectivity index (χ2n) is 5.34. The molecule has 110 valence electrons. The minimum Gasteiger partial charge on any atom is -0.477 e. The van der Waals surface area contributed by atoms with Crippen LogP contribution in [-0.4, -0.2) is 54.2 Å². The highest BCUT2D eigenvalue weighted by molar-refractivity contribution is 5.95. The van der Waals surface area contributed by atoms with Gasteiger partial charge in [-0.1, -0.05) is 6.07 Å². The van der Waals surface area contributed by atoms with Crippen molar-refractivity contribution in [2.75, 3.05) is 38.1 Å². The predicted octanol–water partition coefficient (Wildman–Crippen LogP) is 0.978. The fourth-order valence-corrected chi connectivity index (χ4v) is 2.68. The average molecular weight is 287 g/mol. The summed E-state index contributed by atoms with van der Waals surface area (Å²) in [7, 11) is 2.07. The van der Waals surface area contributed by atoms with Gasteiger partial charge in [0.05, 0.1) is 11.2 Å². The Labute approximate surface area is 121 Å². The monoisotopic (exact) mass is 287 g/mol. The van der Waals surface area contributed by atoms with Crippen molar-refractivity contribution >= 4 is 22.6 Å². The summed E-state index contributed by atoms with van der Waals surface area (Å²) in [5, 5.41) is 9.64. The third-order valence-corrected chi connectivity index (χ3v) is 3.92. The maximum atomic E-state index is 12.1. The van der Waals surface area contributed by atoms with Crippen LogP contribution in [0, 0.1) is 0 Å². The second-order valence-corrected chi connectivity index (χ2v) is 5.34. The van der Waals surface area contributed by atoms with E-state index in [1.54, 1.807) is 6.07 Å². The number of hydrogen-bond acceptors (Lipinski definition) is 4. The second kappa shape index (κ2) is 5.21. The van der Waals surface area contributed by atoms with E-state index in [2.05, 4.69) is 21.8 Å². The summed E-state index contributed by atoms with van der Waals surface area (Å²) in [6, 6.07) is 6.62. The third kappa shape index (κ3) is 2.50. The maximum absolute atomic E-state index is 12.1. The number of para-hydroxylation sites is 1. The molecule has 6 nitrogen and oxygen atoms in total. The van der Waals surface area contributed by atoms with Crippen molar-refractivity contribution in [3.8, 4) is 0 Å². The zero-order valence-electron chi connectivity index (χ0n) is 11.8. The van der Waals surface area contributed by atoms with Crippen LogP contribution in [0.5, 0.6) is 0 Å². The van der Waals surface area contributed by atoms with Gasteiger partial charge in [0.1, 0.15) is 5.69 Å². The number of carbonyl (C=O) groups is 1. The first kappa shape index (κ1) is 13.6. The molecule has 0 radical (unpaired) electrons. The van der Waals surface area contributed by atoms with Crippen LogP contribution in [0.3, 0.4) is 0 Å². The molecule has 2 heterocycles. The molecular formula is C15H17N3O3. The van der Waals surface area contributed by atoms with Crippen LogP contribution in [0.25, 0.3) is 10.9 Å². The molecule has 0 bridgehead atoms. The van der Waals surface area contributed by atoms with Crippen LogP contribution >= 0.6 is 0 Å². The molecule has 2 N–H and O–H groups in total. The Morgan fingerprint density at radius 3 is 2.62 bits per heavy atom. The molecule has 21 heavy (non-hydrogen) atoms. The van der Waals surface area contributed by atoms with E-state index in [1.807, 2.05) is 12.1 Å². The first-order valence-corrected chi connectivity index (χ1v) is 6.89. The van der Waals surface area contributed by atoms with Crippen molar-refractivity contribution < 1.29 is 9.90 Å². The van der Waals surface area contributed by atoms with E-state index in [0.29, 0.717) is 10.9 Å². The molecule has 0 saturated carbocycles. The highest BCUT2D eigenvalue weighted by Crippen LogP contribution is 2.24. The van der Waals surface area contributed by atoms with Crippen LogP contribution in [0.4, 0.5) is 5.69 Å². The van der Waals surface area contributed by atoms with E-state index in [1.165, 1.54) is 0 Å². The van der Waals surface area contributed by atoms with Crippen LogP contribution in [0.1, 0.15) is 10.5 Å². The summed E-state index contributed by atoms with van der Waals surface area (Å²) < 4.78 is 0. The lowest BCUT2D eigenvalue weighted by atomic mass is 10.1. The Morgan fingerprint density at radius 1 is 1.24 bits per heavy atom. The highest BCUT2D eigenvalue weighted by Gasteiger charge is 2.18. The maximum Gasteiger partial charge on any atom is 0.352 e. The Hall–Kier alpha value is -2.34. The molecule has 1 aromatic heterocycles. The lowest BCUT2D eigenvalue weighted by Crippen LogP contribution is -2.44. The number of likely N-dealkylation sites (N-methyl/N-ethyl adjacent to an activating group) is 1. The van der Waals surface area contributed by atoms with Gasteiger partial charge in [-0.25, -0.2) is 4.79 Å². The van der Waals surface area contributed by atoms with Crippen molar-refractivity contribution in [2.24, 2.45) is 0 Å². The number of nitrogens with one attached hydrogen (secondary N) is 1. The van der Waals surface area contributed by atoms with E-state index < -0.39 is 5.97 Å². The summed E-state index contributed by atoms with van der Waals surface area (Å²) in [5.41, 5.74) is 1.15. The number of aromatic nitrogens is 1. The molecule has 1 aliphatic heterocycles. The number of piperazine rings is 1. The molecule has 6 heteroatoms. The zero-order valence-corrected chi connectivity index (χ0v) is 11.8. The Balaban J connectivity index is 2.14. The number of H-pyrrole nitrogens is 1. The smallest absolute Gasteiger partial charge is 0.352 e. The summed E-state index contributed by atoms with van der Waals surface area (Å²) >= 11 is 0. The van der Waals surface area contributed by atoms with Gasteiger partial charge in [-0.2, -0.15) is 0 Å². The van der Waals surface area contributed by atoms with Crippen molar-refractivity contribution in [1.82, 2.24) is 9.88 Å². The molecule has 2 aromatic rings. The lowest BCUT2D eigenvalue weighted by molar-refractivity contribution is 0.0691. The van der Waals surface area contributed by atoms with Gasteiger partial charge in [-0.05, 0) is 19.2 Å². The minimum absolute atomic E-state index is 0.0749. The van der Waals surface area contributed by atoms with Crippen molar-refractivity contribution in [2.45, 2.75) is 0 Å². The van der Waals surface area contributed by atoms with Gasteiger partial charge in [0, 0.05) is 37.6 Å². The van der Waals surface area contributed by atoms with Gasteiger partial charge in [0.2, 0.25) is 0 Å². The van der Waals surface area contributed by atoms with Crippen molar-refractivity contribution in [3.05, 3.63) is 40.2 Å². The molecule has 0 spiro atoms. The number of pyridine rings is 1. The number of aromatic amines is 1. The van der Waals surface area contributed by atoms with Crippen molar-refractivity contribution in [1.29, 1.82) is 0 Å². The lowest BCUT2D eigenvalue weighted by Gasteiger charge is -2.34. The van der Waals surface area contributed by atoms with Crippen LogP contribution in [-0.2, 0) is 0 Å². The summed E-state index contributed by atoms with van der Waals surface area (Å²) in [6.07, 6.45) is 0. The Kier molecular flexibility index (Phi) is 3.39. The normalized spacial score (nSPS) is 16.3. The molecule has 0 unspecified atom stereocenters. The number of rotatable bonds is 2. The first-order valence-electron chi connectivity index (χ1n) is 6.89.